The largest absolute Gasteiger partial charge is 0.493 e. The molecule has 1 atom stereocenters. The molecular weight excluding hydrogens is 448 g/mol. The Morgan fingerprint density at radius 1 is 1.21 bits per heavy atom. The van der Waals surface area contributed by atoms with E-state index in [2.05, 4.69) is 5.32 Å². The van der Waals surface area contributed by atoms with Crippen LogP contribution >= 0.6 is 0 Å². The Hall–Kier alpha value is -4.50. The van der Waals surface area contributed by atoms with Gasteiger partial charge < -0.3 is 19.5 Å². The zero-order valence-electron chi connectivity index (χ0n) is 18.1. The molecule has 1 amide bonds. The fourth-order valence-corrected chi connectivity index (χ4v) is 3.25. The number of hydrogen-bond acceptors (Lipinski definition) is 9. The Labute approximate surface area is 193 Å². The van der Waals surface area contributed by atoms with Crippen molar-refractivity contribution in [2.24, 2.45) is 0 Å². The minimum Gasteiger partial charge on any atom is -0.493 e. The number of hydrogen-bond donors (Lipinski definition) is 1. The van der Waals surface area contributed by atoms with Crippen LogP contribution in [0.5, 0.6) is 17.2 Å². The number of nitro benzene ring substituents is 2. The van der Waals surface area contributed by atoms with Gasteiger partial charge in [0.25, 0.3) is 11.6 Å². The number of benzene rings is 2. The molecule has 1 aliphatic rings. The lowest BCUT2D eigenvalue weighted by Gasteiger charge is -2.12. The summed E-state index contributed by atoms with van der Waals surface area (Å²) in [7, 11) is 1.35. The van der Waals surface area contributed by atoms with Crippen molar-refractivity contribution < 1.29 is 28.9 Å². The van der Waals surface area contributed by atoms with Crippen LogP contribution < -0.4 is 14.8 Å². The van der Waals surface area contributed by atoms with Crippen LogP contribution in [0.15, 0.2) is 42.0 Å². The maximum Gasteiger partial charge on any atom is 0.318 e. The Morgan fingerprint density at radius 3 is 2.59 bits per heavy atom. The quantitative estimate of drug-likeness (QED) is 0.251. The van der Waals surface area contributed by atoms with E-state index in [9.17, 15) is 30.3 Å². The van der Waals surface area contributed by atoms with E-state index in [1.165, 1.54) is 31.4 Å². The highest BCUT2D eigenvalue weighted by atomic mass is 16.6. The van der Waals surface area contributed by atoms with Gasteiger partial charge in [-0.3, -0.25) is 25.0 Å². The van der Waals surface area contributed by atoms with E-state index in [4.69, 9.17) is 14.2 Å². The van der Waals surface area contributed by atoms with Gasteiger partial charge in [0, 0.05) is 19.2 Å². The predicted octanol–water partition coefficient (Wildman–Crippen LogP) is 3.51. The summed E-state index contributed by atoms with van der Waals surface area (Å²) in [4.78, 5) is 33.1. The highest BCUT2D eigenvalue weighted by Crippen LogP contribution is 2.38. The Bertz CT molecular complexity index is 1180. The molecule has 2 aromatic rings. The highest BCUT2D eigenvalue weighted by molar-refractivity contribution is 6.01. The van der Waals surface area contributed by atoms with Crippen LogP contribution in [-0.4, -0.2) is 42.1 Å². The SMILES string of the molecule is COc1cc(C=C(C#N)C(=O)NCC2CCCO2)ccc1Oc1ccc([N+](=O)[O-])cc1[N+](=O)[O-]. The van der Waals surface area contributed by atoms with E-state index in [0.29, 0.717) is 18.7 Å². The maximum atomic E-state index is 12.3. The van der Waals surface area contributed by atoms with E-state index in [1.54, 1.807) is 0 Å². The van der Waals surface area contributed by atoms with Gasteiger partial charge in [-0.1, -0.05) is 6.07 Å². The number of non-ortho nitro benzene ring substituents is 1. The van der Waals surface area contributed by atoms with Crippen molar-refractivity contribution in [3.05, 3.63) is 67.8 Å². The molecule has 1 saturated heterocycles. The Kier molecular flexibility index (Phi) is 7.73. The molecule has 1 N–H and O–H groups in total. The number of nitriles is 1. The van der Waals surface area contributed by atoms with Crippen molar-refractivity contribution in [1.82, 2.24) is 5.32 Å². The van der Waals surface area contributed by atoms with Crippen molar-refractivity contribution in [2.75, 3.05) is 20.3 Å². The minimum atomic E-state index is -0.791. The van der Waals surface area contributed by atoms with Crippen LogP contribution in [0, 0.1) is 31.6 Å². The molecule has 1 unspecified atom stereocenters. The van der Waals surface area contributed by atoms with Crippen molar-refractivity contribution in [1.29, 1.82) is 5.26 Å². The van der Waals surface area contributed by atoms with E-state index >= 15 is 0 Å². The van der Waals surface area contributed by atoms with Crippen molar-refractivity contribution in [2.45, 2.75) is 18.9 Å². The minimum absolute atomic E-state index is 0.0658. The molecule has 176 valence electrons. The average Bonchev–Trinajstić information content (AvgIpc) is 3.35. The van der Waals surface area contributed by atoms with Crippen LogP contribution in [-0.2, 0) is 9.53 Å². The number of rotatable bonds is 9. The van der Waals surface area contributed by atoms with Crippen molar-refractivity contribution in [3.63, 3.8) is 0 Å². The maximum absolute atomic E-state index is 12.3. The van der Waals surface area contributed by atoms with Gasteiger partial charge in [-0.05, 0) is 42.7 Å². The summed E-state index contributed by atoms with van der Waals surface area (Å²) >= 11 is 0. The fourth-order valence-electron chi connectivity index (χ4n) is 3.25. The molecule has 12 heteroatoms. The average molecular weight is 468 g/mol. The monoisotopic (exact) mass is 468 g/mol. The van der Waals surface area contributed by atoms with Crippen LogP contribution in [0.1, 0.15) is 18.4 Å². The molecule has 0 bridgehead atoms. The first-order chi connectivity index (χ1) is 16.3. The zero-order chi connectivity index (χ0) is 24.7. The summed E-state index contributed by atoms with van der Waals surface area (Å²) in [5.74, 6) is -0.501. The summed E-state index contributed by atoms with van der Waals surface area (Å²) in [5.41, 5.74) is -0.714. The second-order valence-corrected chi connectivity index (χ2v) is 7.19. The number of amides is 1. The molecule has 2 aromatic carbocycles. The molecule has 12 nitrogen and oxygen atoms in total. The van der Waals surface area contributed by atoms with E-state index in [-0.39, 0.29) is 28.9 Å². The second kappa shape index (κ2) is 10.9. The van der Waals surface area contributed by atoms with Gasteiger partial charge in [0.1, 0.15) is 11.6 Å². The van der Waals surface area contributed by atoms with Gasteiger partial charge >= 0.3 is 5.69 Å². The zero-order valence-corrected chi connectivity index (χ0v) is 18.1. The molecule has 1 aliphatic heterocycles. The van der Waals surface area contributed by atoms with Crippen molar-refractivity contribution in [3.8, 4) is 23.3 Å². The summed E-state index contributed by atoms with van der Waals surface area (Å²) < 4.78 is 16.3. The number of carbonyl (C=O) groups is 1. The smallest absolute Gasteiger partial charge is 0.318 e. The van der Waals surface area contributed by atoms with Gasteiger partial charge in [0.2, 0.25) is 5.75 Å². The molecule has 0 aliphatic carbocycles. The third-order valence-electron chi connectivity index (χ3n) is 4.95. The first-order valence-corrected chi connectivity index (χ1v) is 10.1. The second-order valence-electron chi connectivity index (χ2n) is 7.19. The lowest BCUT2D eigenvalue weighted by Crippen LogP contribution is -2.32. The third-order valence-corrected chi connectivity index (χ3v) is 4.95. The van der Waals surface area contributed by atoms with Gasteiger partial charge in [0.15, 0.2) is 11.5 Å². The highest BCUT2D eigenvalue weighted by Gasteiger charge is 2.22. The third kappa shape index (κ3) is 5.84. The summed E-state index contributed by atoms with van der Waals surface area (Å²) in [6, 6.07) is 9.31. The molecule has 1 heterocycles. The van der Waals surface area contributed by atoms with Gasteiger partial charge in [0.05, 0.1) is 29.1 Å². The van der Waals surface area contributed by atoms with Crippen LogP contribution in [0.4, 0.5) is 11.4 Å². The molecule has 1 fully saturated rings. The lowest BCUT2D eigenvalue weighted by molar-refractivity contribution is -0.394. The lowest BCUT2D eigenvalue weighted by atomic mass is 10.1. The summed E-state index contributed by atoms with van der Waals surface area (Å²) in [5, 5.41) is 34.3. The number of ether oxygens (including phenoxy) is 3. The normalized spacial score (nSPS) is 15.3. The van der Waals surface area contributed by atoms with E-state index < -0.39 is 27.1 Å². The number of carbonyl (C=O) groups excluding carboxylic acids is 1. The molecule has 0 spiro atoms. The number of nitro groups is 2. The van der Waals surface area contributed by atoms with E-state index in [0.717, 1.165) is 31.0 Å². The summed E-state index contributed by atoms with van der Waals surface area (Å²) in [6.45, 7) is 0.959. The Balaban J connectivity index is 1.81. The number of nitrogens with one attached hydrogen (secondary N) is 1. The first-order valence-electron chi connectivity index (χ1n) is 10.1. The van der Waals surface area contributed by atoms with Crippen LogP contribution in [0.25, 0.3) is 6.08 Å². The molecule has 0 radical (unpaired) electrons. The Morgan fingerprint density at radius 2 is 1.97 bits per heavy atom. The van der Waals surface area contributed by atoms with Gasteiger partial charge in [-0.2, -0.15) is 5.26 Å². The predicted molar refractivity (Wildman–Crippen MR) is 118 cm³/mol. The summed E-state index contributed by atoms with van der Waals surface area (Å²) in [6.07, 6.45) is 3.07. The van der Waals surface area contributed by atoms with Crippen LogP contribution in [0.3, 0.4) is 0 Å². The molecule has 34 heavy (non-hydrogen) atoms. The van der Waals surface area contributed by atoms with E-state index in [1.807, 2.05) is 6.07 Å². The fraction of sp³-hybridized carbons (Fsp3) is 0.273. The number of nitrogens with zero attached hydrogens (tertiary/aromatic N) is 3. The number of methoxy groups -OCH3 is 1. The molecular formula is C22H20N4O8. The first kappa shape index (κ1) is 24.1. The molecule has 3 rings (SSSR count). The van der Waals surface area contributed by atoms with Crippen LogP contribution in [0.2, 0.25) is 0 Å². The van der Waals surface area contributed by atoms with Gasteiger partial charge in [-0.25, -0.2) is 0 Å². The molecule has 0 saturated carbocycles. The topological polar surface area (TPSA) is 167 Å². The van der Waals surface area contributed by atoms with Gasteiger partial charge in [-0.15, -0.1) is 0 Å². The van der Waals surface area contributed by atoms with Crippen molar-refractivity contribution >= 4 is 23.4 Å². The molecule has 0 aromatic heterocycles. The standard InChI is InChI=1S/C22H20N4O8/c1-32-21-10-14(9-15(12-23)22(27)24-13-17-3-2-8-33-17)4-6-20(21)34-19-7-5-16(25(28)29)11-18(19)26(30)31/h4-7,9-11,17H,2-3,8,13H2,1H3,(H,24,27).